The van der Waals surface area contributed by atoms with Crippen LogP contribution in [0.3, 0.4) is 0 Å². The number of hydrogen-bond donors (Lipinski definition) is 1. The molecule has 0 fully saturated rings. The maximum atomic E-state index is 5.92. The molecule has 0 aromatic carbocycles. The Morgan fingerprint density at radius 2 is 2.42 bits per heavy atom. The van der Waals surface area contributed by atoms with Gasteiger partial charge in [-0.3, -0.25) is 4.98 Å². The van der Waals surface area contributed by atoms with Crippen molar-refractivity contribution in [3.63, 3.8) is 0 Å². The van der Waals surface area contributed by atoms with E-state index in [1.54, 1.807) is 12.4 Å². The minimum atomic E-state index is 0.477. The summed E-state index contributed by atoms with van der Waals surface area (Å²) in [6, 6.07) is 1.94. The Morgan fingerprint density at radius 1 is 1.67 bits per heavy atom. The quantitative estimate of drug-likeness (QED) is 0.779. The van der Waals surface area contributed by atoms with Gasteiger partial charge in [-0.15, -0.1) is 0 Å². The van der Waals surface area contributed by atoms with Crippen molar-refractivity contribution in [2.45, 2.75) is 13.3 Å². The highest BCUT2D eigenvalue weighted by molar-refractivity contribution is 6.31. The number of aromatic nitrogens is 1. The maximum Gasteiger partial charge on any atom is 0.0621 e. The molecule has 1 atom stereocenters. The molecule has 0 aliphatic carbocycles. The van der Waals surface area contributed by atoms with E-state index in [1.807, 2.05) is 6.07 Å². The van der Waals surface area contributed by atoms with E-state index in [0.717, 1.165) is 17.0 Å². The van der Waals surface area contributed by atoms with E-state index in [4.69, 9.17) is 17.3 Å². The van der Waals surface area contributed by atoms with E-state index in [9.17, 15) is 0 Å². The molecule has 0 radical (unpaired) electrons. The van der Waals surface area contributed by atoms with E-state index in [2.05, 4.69) is 11.9 Å². The molecule has 0 spiro atoms. The van der Waals surface area contributed by atoms with E-state index >= 15 is 0 Å². The van der Waals surface area contributed by atoms with E-state index in [0.29, 0.717) is 12.5 Å². The second kappa shape index (κ2) is 4.43. The number of hydrogen-bond acceptors (Lipinski definition) is 2. The lowest BCUT2D eigenvalue weighted by Gasteiger charge is -2.08. The van der Waals surface area contributed by atoms with Crippen LogP contribution in [0.2, 0.25) is 5.02 Å². The summed E-state index contributed by atoms with van der Waals surface area (Å²) in [4.78, 5) is 3.91. The minimum absolute atomic E-state index is 0.477. The van der Waals surface area contributed by atoms with E-state index < -0.39 is 0 Å². The van der Waals surface area contributed by atoms with Gasteiger partial charge >= 0.3 is 0 Å². The molecule has 0 amide bonds. The van der Waals surface area contributed by atoms with Gasteiger partial charge in [-0.05, 0) is 30.5 Å². The van der Waals surface area contributed by atoms with Crippen molar-refractivity contribution in [1.82, 2.24) is 4.98 Å². The molecule has 1 rings (SSSR count). The second-order valence-corrected chi connectivity index (χ2v) is 3.42. The van der Waals surface area contributed by atoms with Gasteiger partial charge in [0.1, 0.15) is 0 Å². The molecular weight excluding hydrogens is 172 g/mol. The highest BCUT2D eigenvalue weighted by Crippen LogP contribution is 2.16. The van der Waals surface area contributed by atoms with Gasteiger partial charge in [0.05, 0.1) is 5.02 Å². The second-order valence-electron chi connectivity index (χ2n) is 3.01. The van der Waals surface area contributed by atoms with Crippen molar-refractivity contribution in [1.29, 1.82) is 0 Å². The first-order chi connectivity index (χ1) is 5.74. The Labute approximate surface area is 77.8 Å². The molecule has 0 saturated heterocycles. The predicted octanol–water partition coefficient (Wildman–Crippen LogP) is 1.87. The van der Waals surface area contributed by atoms with Crippen LogP contribution in [0.5, 0.6) is 0 Å². The lowest BCUT2D eigenvalue weighted by molar-refractivity contribution is 0.593. The lowest BCUT2D eigenvalue weighted by Crippen LogP contribution is -2.13. The van der Waals surface area contributed by atoms with Crippen LogP contribution in [0.15, 0.2) is 18.5 Å². The molecule has 1 unspecified atom stereocenters. The maximum absolute atomic E-state index is 5.92. The van der Waals surface area contributed by atoms with Crippen LogP contribution >= 0.6 is 11.6 Å². The third-order valence-electron chi connectivity index (χ3n) is 1.83. The van der Waals surface area contributed by atoms with Gasteiger partial charge in [0, 0.05) is 12.4 Å². The zero-order valence-corrected chi connectivity index (χ0v) is 7.88. The Morgan fingerprint density at radius 3 is 3.00 bits per heavy atom. The summed E-state index contributed by atoms with van der Waals surface area (Å²) >= 11 is 5.92. The molecule has 2 nitrogen and oxygen atoms in total. The third kappa shape index (κ3) is 2.47. The van der Waals surface area contributed by atoms with Gasteiger partial charge in [-0.2, -0.15) is 0 Å². The van der Waals surface area contributed by atoms with Crippen molar-refractivity contribution >= 4 is 11.6 Å². The normalized spacial score (nSPS) is 12.9. The predicted molar refractivity (Wildman–Crippen MR) is 51.2 cm³/mol. The van der Waals surface area contributed by atoms with Gasteiger partial charge in [-0.1, -0.05) is 18.5 Å². The molecule has 0 aliphatic heterocycles. The van der Waals surface area contributed by atoms with Gasteiger partial charge in [0.2, 0.25) is 0 Å². The highest BCUT2D eigenvalue weighted by Gasteiger charge is 2.04. The Kier molecular flexibility index (Phi) is 3.50. The van der Waals surface area contributed by atoms with Gasteiger partial charge in [0.15, 0.2) is 0 Å². The molecule has 2 N–H and O–H groups in total. The Hall–Kier alpha value is -0.600. The van der Waals surface area contributed by atoms with Crippen molar-refractivity contribution in [2.24, 2.45) is 11.7 Å². The first kappa shape index (κ1) is 9.49. The summed E-state index contributed by atoms with van der Waals surface area (Å²) in [5, 5.41) is 0.734. The number of nitrogens with zero attached hydrogens (tertiary/aromatic N) is 1. The fourth-order valence-corrected chi connectivity index (χ4v) is 1.22. The summed E-state index contributed by atoms with van der Waals surface area (Å²) in [5.74, 6) is 0.477. The number of pyridine rings is 1. The SMILES string of the molecule is CC(CN)Cc1ccncc1Cl. The zero-order valence-electron chi connectivity index (χ0n) is 7.13. The van der Waals surface area contributed by atoms with Crippen LogP contribution in [0.25, 0.3) is 0 Å². The molecule has 12 heavy (non-hydrogen) atoms. The monoisotopic (exact) mass is 184 g/mol. The van der Waals surface area contributed by atoms with Gasteiger partial charge in [0.25, 0.3) is 0 Å². The summed E-state index contributed by atoms with van der Waals surface area (Å²) in [6.07, 6.45) is 4.35. The molecule has 1 aromatic rings. The van der Waals surface area contributed by atoms with Crippen LogP contribution in [-0.2, 0) is 6.42 Å². The van der Waals surface area contributed by atoms with Crippen LogP contribution in [-0.4, -0.2) is 11.5 Å². The van der Waals surface area contributed by atoms with Gasteiger partial charge in [-0.25, -0.2) is 0 Å². The standard InChI is InChI=1S/C9H13ClN2/c1-7(5-11)4-8-2-3-12-6-9(8)10/h2-3,6-7H,4-5,11H2,1H3. The Balaban J connectivity index is 2.69. The first-order valence-electron chi connectivity index (χ1n) is 4.02. The summed E-state index contributed by atoms with van der Waals surface area (Å²) in [7, 11) is 0. The topological polar surface area (TPSA) is 38.9 Å². The average Bonchev–Trinajstić information content (AvgIpc) is 2.09. The third-order valence-corrected chi connectivity index (χ3v) is 2.17. The van der Waals surface area contributed by atoms with E-state index in [1.165, 1.54) is 0 Å². The zero-order chi connectivity index (χ0) is 8.97. The van der Waals surface area contributed by atoms with Crippen LogP contribution in [0, 0.1) is 5.92 Å². The van der Waals surface area contributed by atoms with Crippen LogP contribution < -0.4 is 5.73 Å². The number of rotatable bonds is 3. The van der Waals surface area contributed by atoms with Crippen LogP contribution in [0.4, 0.5) is 0 Å². The van der Waals surface area contributed by atoms with E-state index in [-0.39, 0.29) is 0 Å². The lowest BCUT2D eigenvalue weighted by atomic mass is 10.0. The summed E-state index contributed by atoms with van der Waals surface area (Å²) in [5.41, 5.74) is 6.64. The van der Waals surface area contributed by atoms with Crippen molar-refractivity contribution in [3.8, 4) is 0 Å². The number of halogens is 1. The fourth-order valence-electron chi connectivity index (χ4n) is 1.03. The van der Waals surface area contributed by atoms with Crippen molar-refractivity contribution in [3.05, 3.63) is 29.0 Å². The molecule has 66 valence electrons. The first-order valence-corrected chi connectivity index (χ1v) is 4.40. The summed E-state index contributed by atoms with van der Waals surface area (Å²) in [6.45, 7) is 2.80. The van der Waals surface area contributed by atoms with Crippen molar-refractivity contribution < 1.29 is 0 Å². The fraction of sp³-hybridized carbons (Fsp3) is 0.444. The molecule has 1 aromatic heterocycles. The molecule has 0 aliphatic rings. The molecule has 1 heterocycles. The average molecular weight is 185 g/mol. The molecule has 0 bridgehead atoms. The largest absolute Gasteiger partial charge is 0.330 e. The minimum Gasteiger partial charge on any atom is -0.330 e. The van der Waals surface area contributed by atoms with Crippen LogP contribution in [0.1, 0.15) is 12.5 Å². The smallest absolute Gasteiger partial charge is 0.0621 e. The molecular formula is C9H13ClN2. The number of nitrogens with two attached hydrogens (primary N) is 1. The van der Waals surface area contributed by atoms with Gasteiger partial charge < -0.3 is 5.73 Å². The highest BCUT2D eigenvalue weighted by atomic mass is 35.5. The molecule has 0 saturated carbocycles. The molecule has 3 heteroatoms. The van der Waals surface area contributed by atoms with Crippen molar-refractivity contribution in [2.75, 3.05) is 6.54 Å². The summed E-state index contributed by atoms with van der Waals surface area (Å²) < 4.78 is 0. The Bertz CT molecular complexity index is 250.